The minimum Gasteiger partial charge on any atom is -0.486 e. The Labute approximate surface area is 160 Å². The van der Waals surface area contributed by atoms with Gasteiger partial charge in [0.1, 0.15) is 17.4 Å². The lowest BCUT2D eigenvalue weighted by Gasteiger charge is -2.19. The Morgan fingerprint density at radius 3 is 2.73 bits per heavy atom. The summed E-state index contributed by atoms with van der Waals surface area (Å²) in [5.74, 6) is 1.40. The van der Waals surface area contributed by atoms with Crippen molar-refractivity contribution in [3.8, 4) is 5.75 Å². The van der Waals surface area contributed by atoms with Crippen molar-refractivity contribution in [2.24, 2.45) is 5.92 Å². The molecule has 0 N–H and O–H groups in total. The van der Waals surface area contributed by atoms with Gasteiger partial charge in [-0.05, 0) is 56.4 Å². The summed E-state index contributed by atoms with van der Waals surface area (Å²) in [5, 5.41) is 2.98. The van der Waals surface area contributed by atoms with E-state index in [0.717, 1.165) is 29.3 Å². The summed E-state index contributed by atoms with van der Waals surface area (Å²) in [7, 11) is 1.88. The van der Waals surface area contributed by atoms with Crippen LogP contribution in [0.3, 0.4) is 0 Å². The molecule has 26 heavy (non-hydrogen) atoms. The van der Waals surface area contributed by atoms with Gasteiger partial charge in [0, 0.05) is 18.3 Å². The molecule has 0 radical (unpaired) electrons. The first-order valence-corrected chi connectivity index (χ1v) is 10.2. The standard InChI is InChI=1S/C21H28N2O2S/c1-14-9-15(2)16(3)19(10-14)25-12-20-22-18(13-26-20)11-23(4)21(24)17-7-5-6-8-17/h9-10,13,17H,5-8,11-12H2,1-4H3. The van der Waals surface area contributed by atoms with Gasteiger partial charge in [-0.3, -0.25) is 4.79 Å². The van der Waals surface area contributed by atoms with Crippen molar-refractivity contribution in [3.63, 3.8) is 0 Å². The lowest BCUT2D eigenvalue weighted by Crippen LogP contribution is -2.31. The molecule has 4 nitrogen and oxygen atoms in total. The van der Waals surface area contributed by atoms with Gasteiger partial charge < -0.3 is 9.64 Å². The molecule has 1 aliphatic carbocycles. The topological polar surface area (TPSA) is 42.4 Å². The fourth-order valence-corrected chi connectivity index (χ4v) is 4.28. The lowest BCUT2D eigenvalue weighted by atomic mass is 10.1. The lowest BCUT2D eigenvalue weighted by molar-refractivity contribution is -0.134. The van der Waals surface area contributed by atoms with E-state index in [1.807, 2.05) is 17.3 Å². The Morgan fingerprint density at radius 2 is 2.00 bits per heavy atom. The largest absolute Gasteiger partial charge is 0.486 e. The van der Waals surface area contributed by atoms with Crippen LogP contribution < -0.4 is 4.74 Å². The Balaban J connectivity index is 1.57. The number of aromatic nitrogens is 1. The highest BCUT2D eigenvalue weighted by Gasteiger charge is 2.25. The third kappa shape index (κ3) is 4.44. The van der Waals surface area contributed by atoms with Crippen LogP contribution in [0.5, 0.6) is 5.75 Å². The van der Waals surface area contributed by atoms with Crippen LogP contribution in [0.4, 0.5) is 0 Å². The maximum Gasteiger partial charge on any atom is 0.225 e. The van der Waals surface area contributed by atoms with Gasteiger partial charge in [0.05, 0.1) is 12.2 Å². The summed E-state index contributed by atoms with van der Waals surface area (Å²) in [6.07, 6.45) is 4.43. The zero-order chi connectivity index (χ0) is 18.7. The number of rotatable bonds is 6. The second-order valence-electron chi connectivity index (χ2n) is 7.40. The fourth-order valence-electron chi connectivity index (χ4n) is 3.58. The fraction of sp³-hybridized carbons (Fsp3) is 0.524. The Morgan fingerprint density at radius 1 is 1.27 bits per heavy atom. The molecule has 0 aliphatic heterocycles. The molecule has 0 spiro atoms. The summed E-state index contributed by atoms with van der Waals surface area (Å²) in [5.41, 5.74) is 4.57. The van der Waals surface area contributed by atoms with E-state index >= 15 is 0 Å². The summed E-state index contributed by atoms with van der Waals surface area (Å²) in [4.78, 5) is 18.9. The molecule has 0 bridgehead atoms. The summed E-state index contributed by atoms with van der Waals surface area (Å²) >= 11 is 1.59. The van der Waals surface area contributed by atoms with Crippen molar-refractivity contribution in [1.82, 2.24) is 9.88 Å². The van der Waals surface area contributed by atoms with Crippen LogP contribution >= 0.6 is 11.3 Å². The number of nitrogens with zero attached hydrogens (tertiary/aromatic N) is 2. The van der Waals surface area contributed by atoms with Crippen molar-refractivity contribution in [1.29, 1.82) is 0 Å². The van der Waals surface area contributed by atoms with Crippen LogP contribution in [0.2, 0.25) is 0 Å². The average molecular weight is 373 g/mol. The zero-order valence-corrected chi connectivity index (χ0v) is 17.0. The van der Waals surface area contributed by atoms with Crippen molar-refractivity contribution >= 4 is 17.2 Å². The first kappa shape index (κ1) is 18.9. The van der Waals surface area contributed by atoms with Crippen LogP contribution in [0.25, 0.3) is 0 Å². The second kappa shape index (κ2) is 8.21. The highest BCUT2D eigenvalue weighted by Crippen LogP contribution is 2.27. The molecule has 0 unspecified atom stereocenters. The number of hydrogen-bond acceptors (Lipinski definition) is 4. The molecule has 1 saturated carbocycles. The predicted octanol–water partition coefficient (Wildman–Crippen LogP) is 4.80. The van der Waals surface area contributed by atoms with Crippen molar-refractivity contribution in [2.75, 3.05) is 7.05 Å². The molecule has 2 aromatic rings. The molecule has 1 aromatic heterocycles. The highest BCUT2D eigenvalue weighted by atomic mass is 32.1. The number of aryl methyl sites for hydroxylation is 2. The molecule has 140 valence electrons. The first-order chi connectivity index (χ1) is 12.4. The summed E-state index contributed by atoms with van der Waals surface area (Å²) < 4.78 is 6.00. The first-order valence-electron chi connectivity index (χ1n) is 9.33. The van der Waals surface area contributed by atoms with E-state index in [0.29, 0.717) is 13.2 Å². The minimum atomic E-state index is 0.217. The van der Waals surface area contributed by atoms with Gasteiger partial charge in [-0.15, -0.1) is 11.3 Å². The normalized spacial score (nSPS) is 14.6. The molecule has 1 heterocycles. The molecule has 1 fully saturated rings. The van der Waals surface area contributed by atoms with E-state index in [-0.39, 0.29) is 11.8 Å². The Hall–Kier alpha value is -1.88. The Kier molecular flexibility index (Phi) is 5.97. The molecule has 1 aromatic carbocycles. The van der Waals surface area contributed by atoms with E-state index in [2.05, 4.69) is 37.9 Å². The highest BCUT2D eigenvalue weighted by molar-refractivity contribution is 7.09. The van der Waals surface area contributed by atoms with E-state index in [9.17, 15) is 4.79 Å². The minimum absolute atomic E-state index is 0.217. The monoisotopic (exact) mass is 372 g/mol. The van der Waals surface area contributed by atoms with Gasteiger partial charge in [-0.25, -0.2) is 4.98 Å². The van der Waals surface area contributed by atoms with E-state index < -0.39 is 0 Å². The number of thiazole rings is 1. The van der Waals surface area contributed by atoms with Crippen LogP contribution in [0, 0.1) is 26.7 Å². The predicted molar refractivity (Wildman–Crippen MR) is 106 cm³/mol. The molecule has 1 aliphatic rings. The smallest absolute Gasteiger partial charge is 0.225 e. The molecule has 0 atom stereocenters. The second-order valence-corrected chi connectivity index (χ2v) is 8.34. The van der Waals surface area contributed by atoms with Gasteiger partial charge in [-0.1, -0.05) is 18.9 Å². The number of hydrogen-bond donors (Lipinski definition) is 0. The van der Waals surface area contributed by atoms with Gasteiger partial charge in [0.15, 0.2) is 0 Å². The SMILES string of the molecule is Cc1cc(C)c(C)c(OCc2nc(CN(C)C(=O)C3CCCC3)cs2)c1. The van der Waals surface area contributed by atoms with Gasteiger partial charge >= 0.3 is 0 Å². The Bertz CT molecular complexity index is 778. The van der Waals surface area contributed by atoms with Gasteiger partial charge in [0.2, 0.25) is 5.91 Å². The molecule has 5 heteroatoms. The van der Waals surface area contributed by atoms with Crippen LogP contribution in [0.1, 0.15) is 53.1 Å². The maximum absolute atomic E-state index is 12.4. The third-order valence-corrected chi connectivity index (χ3v) is 6.07. The molecule has 1 amide bonds. The van der Waals surface area contributed by atoms with Crippen LogP contribution in [-0.2, 0) is 17.9 Å². The van der Waals surface area contributed by atoms with Crippen molar-refractivity contribution in [3.05, 3.63) is 44.9 Å². The van der Waals surface area contributed by atoms with E-state index in [1.54, 1.807) is 11.3 Å². The number of ether oxygens (including phenoxy) is 1. The van der Waals surface area contributed by atoms with E-state index in [1.165, 1.54) is 29.5 Å². The number of carbonyl (C=O) groups excluding carboxylic acids is 1. The average Bonchev–Trinajstić information content (AvgIpc) is 3.28. The third-order valence-electron chi connectivity index (χ3n) is 5.19. The van der Waals surface area contributed by atoms with Crippen LogP contribution in [-0.4, -0.2) is 22.8 Å². The molecule has 0 saturated heterocycles. The molecular weight excluding hydrogens is 344 g/mol. The number of carbonyl (C=O) groups is 1. The van der Waals surface area contributed by atoms with Gasteiger partial charge in [0.25, 0.3) is 0 Å². The van der Waals surface area contributed by atoms with Crippen molar-refractivity contribution < 1.29 is 9.53 Å². The van der Waals surface area contributed by atoms with Crippen molar-refractivity contribution in [2.45, 2.75) is 59.6 Å². The van der Waals surface area contributed by atoms with E-state index in [4.69, 9.17) is 4.74 Å². The summed E-state index contributed by atoms with van der Waals surface area (Å²) in [6.45, 7) is 7.32. The zero-order valence-electron chi connectivity index (χ0n) is 16.2. The quantitative estimate of drug-likeness (QED) is 0.732. The van der Waals surface area contributed by atoms with Crippen LogP contribution in [0.15, 0.2) is 17.5 Å². The summed E-state index contributed by atoms with van der Waals surface area (Å²) in [6, 6.07) is 4.24. The number of benzene rings is 1. The molecule has 3 rings (SSSR count). The number of amides is 1. The van der Waals surface area contributed by atoms with Gasteiger partial charge in [-0.2, -0.15) is 0 Å². The molecular formula is C21H28N2O2S. The maximum atomic E-state index is 12.4.